The molecular weight excluding hydrogens is 186 g/mol. The number of hydrogen-bond acceptors (Lipinski definition) is 1. The van der Waals surface area contributed by atoms with E-state index in [9.17, 15) is 0 Å². The molecule has 2 aromatic heterocycles. The van der Waals surface area contributed by atoms with Crippen molar-refractivity contribution >= 4 is 10.9 Å². The van der Waals surface area contributed by atoms with E-state index in [0.717, 1.165) is 22.5 Å². The first-order valence-corrected chi connectivity index (χ1v) is 4.93. The van der Waals surface area contributed by atoms with Gasteiger partial charge >= 0.3 is 0 Å². The molecule has 0 fully saturated rings. The maximum absolute atomic E-state index is 4.26. The Morgan fingerprint density at radius 2 is 2.07 bits per heavy atom. The van der Waals surface area contributed by atoms with E-state index in [1.807, 2.05) is 25.3 Å². The molecule has 0 saturated carbocycles. The number of nitrogens with one attached hydrogen (secondary N) is 2. The largest absolute Gasteiger partial charge is 0.360 e. The SMILES string of the molecule is Cc1cc(-c2c[nH]c3ccccc23)n[nH]1. The highest BCUT2D eigenvalue weighted by Gasteiger charge is 2.07. The first kappa shape index (κ1) is 8.29. The summed E-state index contributed by atoms with van der Waals surface area (Å²) in [6.45, 7) is 2.01. The summed E-state index contributed by atoms with van der Waals surface area (Å²) >= 11 is 0. The predicted molar refractivity (Wildman–Crippen MR) is 60.6 cm³/mol. The van der Waals surface area contributed by atoms with Crippen molar-refractivity contribution in [2.75, 3.05) is 0 Å². The van der Waals surface area contributed by atoms with E-state index in [2.05, 4.69) is 33.4 Å². The highest BCUT2D eigenvalue weighted by atomic mass is 15.1. The maximum atomic E-state index is 4.26. The van der Waals surface area contributed by atoms with Crippen molar-refractivity contribution in [3.05, 3.63) is 42.2 Å². The molecule has 3 rings (SSSR count). The monoisotopic (exact) mass is 197 g/mol. The van der Waals surface area contributed by atoms with Gasteiger partial charge in [-0.15, -0.1) is 0 Å². The third-order valence-corrected chi connectivity index (χ3v) is 2.57. The molecule has 0 aliphatic carbocycles. The van der Waals surface area contributed by atoms with Crippen molar-refractivity contribution in [2.24, 2.45) is 0 Å². The van der Waals surface area contributed by atoms with Crippen LogP contribution in [-0.2, 0) is 0 Å². The summed E-state index contributed by atoms with van der Waals surface area (Å²) in [5.41, 5.74) is 4.36. The van der Waals surface area contributed by atoms with Crippen LogP contribution in [0.2, 0.25) is 0 Å². The van der Waals surface area contributed by atoms with E-state index >= 15 is 0 Å². The molecule has 2 heterocycles. The Bertz CT molecular complexity index is 604. The van der Waals surface area contributed by atoms with Crippen molar-refractivity contribution in [3.8, 4) is 11.3 Å². The van der Waals surface area contributed by atoms with Crippen LogP contribution in [0.1, 0.15) is 5.69 Å². The van der Waals surface area contributed by atoms with Gasteiger partial charge in [0.25, 0.3) is 0 Å². The number of fused-ring (bicyclic) bond motifs is 1. The van der Waals surface area contributed by atoms with Crippen LogP contribution < -0.4 is 0 Å². The molecule has 0 unspecified atom stereocenters. The highest BCUT2D eigenvalue weighted by Crippen LogP contribution is 2.26. The smallest absolute Gasteiger partial charge is 0.0944 e. The minimum absolute atomic E-state index is 0.991. The van der Waals surface area contributed by atoms with E-state index in [1.54, 1.807) is 0 Å². The van der Waals surface area contributed by atoms with Crippen LogP contribution in [0, 0.1) is 6.92 Å². The molecule has 0 saturated heterocycles. The van der Waals surface area contributed by atoms with Crippen molar-refractivity contribution in [1.82, 2.24) is 15.2 Å². The Morgan fingerprint density at radius 3 is 2.87 bits per heavy atom. The van der Waals surface area contributed by atoms with E-state index in [4.69, 9.17) is 0 Å². The van der Waals surface area contributed by atoms with Crippen LogP contribution in [0.3, 0.4) is 0 Å². The zero-order valence-electron chi connectivity index (χ0n) is 8.41. The zero-order chi connectivity index (χ0) is 10.3. The topological polar surface area (TPSA) is 44.5 Å². The quantitative estimate of drug-likeness (QED) is 0.619. The summed E-state index contributed by atoms with van der Waals surface area (Å²) in [5, 5.41) is 8.43. The molecule has 0 atom stereocenters. The zero-order valence-corrected chi connectivity index (χ0v) is 8.41. The van der Waals surface area contributed by atoms with E-state index in [1.165, 1.54) is 5.39 Å². The highest BCUT2D eigenvalue weighted by molar-refractivity contribution is 5.94. The van der Waals surface area contributed by atoms with Gasteiger partial charge in [-0.3, -0.25) is 5.10 Å². The molecule has 0 bridgehead atoms. The molecule has 2 N–H and O–H groups in total. The van der Waals surface area contributed by atoms with Gasteiger partial charge in [0.15, 0.2) is 0 Å². The van der Waals surface area contributed by atoms with Gasteiger partial charge in [0.05, 0.1) is 5.69 Å². The number of hydrogen-bond donors (Lipinski definition) is 2. The van der Waals surface area contributed by atoms with Crippen LogP contribution in [0.15, 0.2) is 36.5 Å². The second kappa shape index (κ2) is 2.98. The molecule has 3 aromatic rings. The second-order valence-corrected chi connectivity index (χ2v) is 3.68. The van der Waals surface area contributed by atoms with Gasteiger partial charge in [-0.1, -0.05) is 18.2 Å². The third-order valence-electron chi connectivity index (χ3n) is 2.57. The van der Waals surface area contributed by atoms with Crippen LogP contribution >= 0.6 is 0 Å². The molecule has 3 heteroatoms. The lowest BCUT2D eigenvalue weighted by Gasteiger charge is -1.92. The Morgan fingerprint density at radius 1 is 1.20 bits per heavy atom. The van der Waals surface area contributed by atoms with Crippen molar-refractivity contribution in [1.29, 1.82) is 0 Å². The summed E-state index contributed by atoms with van der Waals surface area (Å²) in [5.74, 6) is 0. The van der Waals surface area contributed by atoms with Crippen LogP contribution in [-0.4, -0.2) is 15.2 Å². The molecule has 0 amide bonds. The average molecular weight is 197 g/mol. The Labute approximate surface area is 87.1 Å². The van der Waals surface area contributed by atoms with Gasteiger partial charge in [-0.05, 0) is 19.1 Å². The normalized spacial score (nSPS) is 11.0. The lowest BCUT2D eigenvalue weighted by atomic mass is 10.1. The summed E-state index contributed by atoms with van der Waals surface area (Å²) in [6.07, 6.45) is 2.00. The van der Waals surface area contributed by atoms with Crippen LogP contribution in [0.5, 0.6) is 0 Å². The Hall–Kier alpha value is -2.03. The molecule has 15 heavy (non-hydrogen) atoms. The minimum Gasteiger partial charge on any atom is -0.360 e. The fraction of sp³-hybridized carbons (Fsp3) is 0.0833. The van der Waals surface area contributed by atoms with Gasteiger partial charge in [0.1, 0.15) is 0 Å². The second-order valence-electron chi connectivity index (χ2n) is 3.68. The van der Waals surface area contributed by atoms with E-state index < -0.39 is 0 Å². The minimum atomic E-state index is 0.991. The standard InChI is InChI=1S/C12H11N3/c1-8-6-12(15-14-8)10-7-13-11-5-3-2-4-9(10)11/h2-7,13H,1H3,(H,14,15). The Kier molecular flexibility index (Phi) is 1.65. The third kappa shape index (κ3) is 1.24. The van der Waals surface area contributed by atoms with Gasteiger partial charge in [-0.25, -0.2) is 0 Å². The molecule has 74 valence electrons. The number of para-hydroxylation sites is 1. The number of rotatable bonds is 1. The average Bonchev–Trinajstić information content (AvgIpc) is 2.83. The first-order chi connectivity index (χ1) is 7.34. The number of aromatic nitrogens is 3. The number of nitrogens with zero attached hydrogens (tertiary/aromatic N) is 1. The summed E-state index contributed by atoms with van der Waals surface area (Å²) < 4.78 is 0. The molecular formula is C12H11N3. The number of aromatic amines is 2. The fourth-order valence-electron chi connectivity index (χ4n) is 1.84. The molecule has 3 nitrogen and oxygen atoms in total. The van der Waals surface area contributed by atoms with Gasteiger partial charge in [-0.2, -0.15) is 5.10 Å². The van der Waals surface area contributed by atoms with Crippen molar-refractivity contribution in [3.63, 3.8) is 0 Å². The Balaban J connectivity index is 2.27. The van der Waals surface area contributed by atoms with Crippen molar-refractivity contribution in [2.45, 2.75) is 6.92 Å². The lowest BCUT2D eigenvalue weighted by molar-refractivity contribution is 1.05. The summed E-state index contributed by atoms with van der Waals surface area (Å²) in [6, 6.07) is 10.3. The van der Waals surface area contributed by atoms with Crippen LogP contribution in [0.4, 0.5) is 0 Å². The summed E-state index contributed by atoms with van der Waals surface area (Å²) in [7, 11) is 0. The number of aryl methyl sites for hydroxylation is 1. The molecule has 0 aliphatic heterocycles. The maximum Gasteiger partial charge on any atom is 0.0944 e. The number of benzene rings is 1. The van der Waals surface area contributed by atoms with Crippen LogP contribution in [0.25, 0.3) is 22.2 Å². The summed E-state index contributed by atoms with van der Waals surface area (Å²) in [4.78, 5) is 3.24. The van der Waals surface area contributed by atoms with Gasteiger partial charge < -0.3 is 4.98 Å². The fourth-order valence-corrected chi connectivity index (χ4v) is 1.84. The first-order valence-electron chi connectivity index (χ1n) is 4.93. The molecule has 1 aromatic carbocycles. The molecule has 0 radical (unpaired) electrons. The van der Waals surface area contributed by atoms with Gasteiger partial charge in [0, 0.05) is 28.4 Å². The predicted octanol–water partition coefficient (Wildman–Crippen LogP) is 2.87. The van der Waals surface area contributed by atoms with E-state index in [-0.39, 0.29) is 0 Å². The molecule has 0 spiro atoms. The van der Waals surface area contributed by atoms with Gasteiger partial charge in [0.2, 0.25) is 0 Å². The van der Waals surface area contributed by atoms with Crippen molar-refractivity contribution < 1.29 is 0 Å². The van der Waals surface area contributed by atoms with E-state index in [0.29, 0.717) is 0 Å². The number of H-pyrrole nitrogens is 2. The lowest BCUT2D eigenvalue weighted by Crippen LogP contribution is -1.74. The molecule has 0 aliphatic rings.